The lowest BCUT2D eigenvalue weighted by molar-refractivity contribution is -0.141. The van der Waals surface area contributed by atoms with Gasteiger partial charge in [-0.3, -0.25) is 4.79 Å². The summed E-state index contributed by atoms with van der Waals surface area (Å²) in [4.78, 5) is 25.1. The Balaban J connectivity index is 1.81. The molecule has 2 aromatic carbocycles. The van der Waals surface area contributed by atoms with Gasteiger partial charge in [-0.05, 0) is 35.9 Å². The van der Waals surface area contributed by atoms with Crippen LogP contribution in [0.25, 0.3) is 6.08 Å². The minimum absolute atomic E-state index is 0.00215. The summed E-state index contributed by atoms with van der Waals surface area (Å²) < 4.78 is 10.4. The monoisotopic (exact) mass is 381 g/mol. The highest BCUT2D eigenvalue weighted by atomic mass is 35.5. The number of hydrogen-bond donors (Lipinski definition) is 1. The van der Waals surface area contributed by atoms with Crippen LogP contribution >= 0.6 is 11.6 Å². The molecule has 136 valence electrons. The van der Waals surface area contributed by atoms with Crippen LogP contribution in [0.5, 0.6) is 0 Å². The molecule has 0 atom stereocenters. The Morgan fingerprint density at radius 1 is 1.00 bits per heavy atom. The number of benzene rings is 2. The normalized spacial score (nSPS) is 11.1. The van der Waals surface area contributed by atoms with Gasteiger partial charge in [0.25, 0.3) is 5.91 Å². The summed E-state index contributed by atoms with van der Waals surface area (Å²) in [7, 11) is 0. The van der Waals surface area contributed by atoms with E-state index in [1.807, 2.05) is 30.3 Å². The Labute approximate surface area is 161 Å². The molecule has 3 aromatic rings. The predicted octanol–water partition coefficient (Wildman–Crippen LogP) is 4.45. The van der Waals surface area contributed by atoms with E-state index in [9.17, 15) is 9.59 Å². The number of halogens is 1. The fourth-order valence-corrected chi connectivity index (χ4v) is 2.53. The summed E-state index contributed by atoms with van der Waals surface area (Å²) >= 11 is 6.06. The number of amides is 1. The molecule has 0 bridgehead atoms. The molecular formula is C21H16ClNO4. The van der Waals surface area contributed by atoms with Gasteiger partial charge in [0.2, 0.25) is 0 Å². The van der Waals surface area contributed by atoms with Crippen molar-refractivity contribution in [3.8, 4) is 0 Å². The van der Waals surface area contributed by atoms with Crippen LogP contribution in [-0.2, 0) is 16.1 Å². The van der Waals surface area contributed by atoms with Crippen LogP contribution in [0.3, 0.4) is 0 Å². The summed E-state index contributed by atoms with van der Waals surface area (Å²) in [6.07, 6.45) is 3.03. The maximum atomic E-state index is 12.5. The fraction of sp³-hybridized carbons (Fsp3) is 0.0476. The summed E-state index contributed by atoms with van der Waals surface area (Å²) in [5.41, 5.74) is 0.997. The highest BCUT2D eigenvalue weighted by Crippen LogP contribution is 2.16. The molecule has 27 heavy (non-hydrogen) atoms. The van der Waals surface area contributed by atoms with E-state index in [4.69, 9.17) is 20.8 Å². The van der Waals surface area contributed by atoms with Crippen LogP contribution in [0.4, 0.5) is 0 Å². The van der Waals surface area contributed by atoms with Crippen LogP contribution in [0.2, 0.25) is 5.02 Å². The van der Waals surface area contributed by atoms with Gasteiger partial charge in [-0.2, -0.15) is 0 Å². The van der Waals surface area contributed by atoms with Crippen molar-refractivity contribution in [2.45, 2.75) is 6.61 Å². The van der Waals surface area contributed by atoms with Crippen LogP contribution in [0, 0.1) is 0 Å². The molecule has 0 saturated carbocycles. The topological polar surface area (TPSA) is 68.5 Å². The van der Waals surface area contributed by atoms with E-state index >= 15 is 0 Å². The third kappa shape index (κ3) is 5.09. The summed E-state index contributed by atoms with van der Waals surface area (Å²) in [6.45, 7) is -0.0417. The highest BCUT2D eigenvalue weighted by Gasteiger charge is 2.18. The maximum absolute atomic E-state index is 12.5. The molecule has 1 aromatic heterocycles. The van der Waals surface area contributed by atoms with Gasteiger partial charge >= 0.3 is 5.97 Å². The Morgan fingerprint density at radius 2 is 1.74 bits per heavy atom. The standard InChI is InChI=1S/C21H16ClNO4/c22-18-11-5-4-10-17(18)20(24)23-19(13-15-7-2-1-3-8-15)21(25)27-14-16-9-6-12-26-16/h1-13H,14H2,(H,23,24)/b19-13-. The first kappa shape index (κ1) is 18.5. The maximum Gasteiger partial charge on any atom is 0.355 e. The van der Waals surface area contributed by atoms with Gasteiger partial charge in [0, 0.05) is 0 Å². The van der Waals surface area contributed by atoms with Crippen LogP contribution in [0.1, 0.15) is 21.7 Å². The van der Waals surface area contributed by atoms with E-state index in [1.54, 1.807) is 42.5 Å². The summed E-state index contributed by atoms with van der Waals surface area (Å²) in [5, 5.41) is 2.87. The molecule has 3 rings (SSSR count). The second-order valence-corrected chi connectivity index (χ2v) is 5.97. The van der Waals surface area contributed by atoms with Crippen molar-refractivity contribution in [3.63, 3.8) is 0 Å². The largest absolute Gasteiger partial charge is 0.466 e. The van der Waals surface area contributed by atoms with Crippen molar-refractivity contribution >= 4 is 29.6 Å². The molecule has 0 saturated heterocycles. The Morgan fingerprint density at radius 3 is 2.44 bits per heavy atom. The summed E-state index contributed by atoms with van der Waals surface area (Å²) in [6, 6.07) is 19.1. The predicted molar refractivity (Wildman–Crippen MR) is 102 cm³/mol. The van der Waals surface area contributed by atoms with E-state index in [0.29, 0.717) is 5.76 Å². The van der Waals surface area contributed by atoms with Gasteiger partial charge in [-0.1, -0.05) is 54.1 Å². The molecule has 0 radical (unpaired) electrons. The molecular weight excluding hydrogens is 366 g/mol. The Bertz CT molecular complexity index is 949. The van der Waals surface area contributed by atoms with Crippen molar-refractivity contribution in [2.24, 2.45) is 0 Å². The Hall–Kier alpha value is -3.31. The van der Waals surface area contributed by atoms with E-state index in [-0.39, 0.29) is 22.9 Å². The molecule has 1 heterocycles. The average Bonchev–Trinajstić information content (AvgIpc) is 3.20. The van der Waals surface area contributed by atoms with Crippen molar-refractivity contribution in [2.75, 3.05) is 0 Å². The first-order valence-electron chi connectivity index (χ1n) is 8.15. The van der Waals surface area contributed by atoms with Crippen molar-refractivity contribution in [1.29, 1.82) is 0 Å². The van der Waals surface area contributed by atoms with Gasteiger partial charge in [0.1, 0.15) is 18.1 Å². The smallest absolute Gasteiger partial charge is 0.355 e. The van der Waals surface area contributed by atoms with Crippen molar-refractivity contribution in [1.82, 2.24) is 5.32 Å². The molecule has 0 aliphatic carbocycles. The van der Waals surface area contributed by atoms with Gasteiger partial charge in [-0.15, -0.1) is 0 Å². The molecule has 5 nitrogen and oxygen atoms in total. The van der Waals surface area contributed by atoms with Crippen LogP contribution in [0.15, 0.2) is 83.1 Å². The number of carbonyl (C=O) groups excluding carboxylic acids is 2. The fourth-order valence-electron chi connectivity index (χ4n) is 2.31. The average molecular weight is 382 g/mol. The van der Waals surface area contributed by atoms with Crippen molar-refractivity contribution in [3.05, 3.63) is 101 Å². The quantitative estimate of drug-likeness (QED) is 0.506. The first-order chi connectivity index (χ1) is 13.1. The Kier molecular flexibility index (Phi) is 6.07. The minimum Gasteiger partial charge on any atom is -0.466 e. The molecule has 0 fully saturated rings. The third-order valence-electron chi connectivity index (χ3n) is 3.62. The minimum atomic E-state index is -0.685. The number of rotatable bonds is 6. The van der Waals surface area contributed by atoms with Crippen molar-refractivity contribution < 1.29 is 18.7 Å². The molecule has 0 aliphatic rings. The number of carbonyl (C=O) groups is 2. The second kappa shape index (κ2) is 8.87. The summed E-state index contributed by atoms with van der Waals surface area (Å²) in [5.74, 6) is -0.687. The number of ether oxygens (including phenoxy) is 1. The molecule has 0 unspecified atom stereocenters. The SMILES string of the molecule is O=C(OCc1ccco1)/C(=C/c1ccccc1)NC(=O)c1ccccc1Cl. The highest BCUT2D eigenvalue weighted by molar-refractivity contribution is 6.34. The lowest BCUT2D eigenvalue weighted by Gasteiger charge is -2.11. The molecule has 0 spiro atoms. The molecule has 1 N–H and O–H groups in total. The van der Waals surface area contributed by atoms with Gasteiger partial charge in [0.05, 0.1) is 16.8 Å². The number of esters is 1. The van der Waals surface area contributed by atoms with Crippen LogP contribution in [-0.4, -0.2) is 11.9 Å². The van der Waals surface area contributed by atoms with Gasteiger partial charge in [0.15, 0.2) is 0 Å². The lowest BCUT2D eigenvalue weighted by atomic mass is 10.1. The molecule has 6 heteroatoms. The lowest BCUT2D eigenvalue weighted by Crippen LogP contribution is -2.28. The first-order valence-corrected chi connectivity index (χ1v) is 8.53. The third-order valence-corrected chi connectivity index (χ3v) is 3.95. The molecule has 0 aliphatic heterocycles. The molecule has 1 amide bonds. The zero-order valence-electron chi connectivity index (χ0n) is 14.2. The zero-order valence-corrected chi connectivity index (χ0v) is 15.0. The number of hydrogen-bond acceptors (Lipinski definition) is 4. The zero-order chi connectivity index (χ0) is 19.1. The van der Waals surface area contributed by atoms with E-state index in [1.165, 1.54) is 6.26 Å². The second-order valence-electron chi connectivity index (χ2n) is 5.56. The van der Waals surface area contributed by atoms with Gasteiger partial charge < -0.3 is 14.5 Å². The van der Waals surface area contributed by atoms with Gasteiger partial charge in [-0.25, -0.2) is 4.79 Å². The van der Waals surface area contributed by atoms with E-state index in [0.717, 1.165) is 5.56 Å². The number of furan rings is 1. The van der Waals surface area contributed by atoms with Crippen LogP contribution < -0.4 is 5.32 Å². The number of nitrogens with one attached hydrogen (secondary N) is 1. The van der Waals surface area contributed by atoms with E-state index < -0.39 is 11.9 Å². The van der Waals surface area contributed by atoms with E-state index in [2.05, 4.69) is 5.32 Å².